The van der Waals surface area contributed by atoms with Crippen molar-refractivity contribution in [2.45, 2.75) is 13.8 Å². The zero-order valence-electron chi connectivity index (χ0n) is 11.3. The summed E-state index contributed by atoms with van der Waals surface area (Å²) >= 11 is 0. The molecule has 2 aromatic heterocycles. The summed E-state index contributed by atoms with van der Waals surface area (Å²) in [7, 11) is 0. The van der Waals surface area contributed by atoms with Gasteiger partial charge in [0.15, 0.2) is 5.82 Å². The van der Waals surface area contributed by atoms with Crippen molar-refractivity contribution in [1.29, 1.82) is 0 Å². The molecule has 0 aliphatic rings. The zero-order valence-corrected chi connectivity index (χ0v) is 11.3. The molecule has 0 radical (unpaired) electrons. The van der Waals surface area contributed by atoms with Gasteiger partial charge in [0, 0.05) is 11.8 Å². The van der Waals surface area contributed by atoms with E-state index in [1.807, 2.05) is 24.3 Å². The Kier molecular flexibility index (Phi) is 2.95. The maximum Gasteiger partial charge on any atom is 0.261 e. The number of nitrogen functional groups attached to an aromatic ring is 1. The van der Waals surface area contributed by atoms with E-state index in [1.165, 1.54) is 5.56 Å². The highest BCUT2D eigenvalue weighted by Crippen LogP contribution is 2.29. The molecule has 0 saturated carbocycles. The van der Waals surface area contributed by atoms with Crippen molar-refractivity contribution >= 4 is 5.82 Å². The Bertz CT molecular complexity index is 764. The van der Waals surface area contributed by atoms with Crippen LogP contribution in [0.4, 0.5) is 5.82 Å². The van der Waals surface area contributed by atoms with Gasteiger partial charge < -0.3 is 10.3 Å². The lowest BCUT2D eigenvalue weighted by atomic mass is 10.0. The summed E-state index contributed by atoms with van der Waals surface area (Å²) in [6.07, 6.45) is 1.75. The second kappa shape index (κ2) is 4.77. The monoisotopic (exact) mass is 266 g/mol. The minimum Gasteiger partial charge on any atom is -0.383 e. The molecule has 0 unspecified atom stereocenters. The smallest absolute Gasteiger partial charge is 0.261 e. The molecular formula is C15H14N4O. The fraction of sp³-hybridized carbons (Fsp3) is 0.133. The van der Waals surface area contributed by atoms with E-state index in [-0.39, 0.29) is 0 Å². The predicted molar refractivity (Wildman–Crippen MR) is 76.9 cm³/mol. The van der Waals surface area contributed by atoms with E-state index in [4.69, 9.17) is 10.3 Å². The lowest BCUT2D eigenvalue weighted by Gasteiger charge is -2.07. The topological polar surface area (TPSA) is 77.8 Å². The summed E-state index contributed by atoms with van der Waals surface area (Å²) in [5.41, 5.74) is 9.82. The first-order valence-corrected chi connectivity index (χ1v) is 6.27. The van der Waals surface area contributed by atoms with Gasteiger partial charge in [-0.15, -0.1) is 0 Å². The van der Waals surface area contributed by atoms with Crippen LogP contribution in [0.15, 0.2) is 41.1 Å². The SMILES string of the molecule is Cc1noc(-c2cc(-c3ccccc3C)cnc2N)n1. The van der Waals surface area contributed by atoms with Crippen molar-refractivity contribution < 1.29 is 4.52 Å². The molecule has 5 nitrogen and oxygen atoms in total. The third-order valence-corrected chi connectivity index (χ3v) is 3.13. The molecule has 0 spiro atoms. The molecule has 0 atom stereocenters. The van der Waals surface area contributed by atoms with Gasteiger partial charge in [0.1, 0.15) is 5.82 Å². The van der Waals surface area contributed by atoms with Gasteiger partial charge in [0.05, 0.1) is 5.56 Å². The van der Waals surface area contributed by atoms with Gasteiger partial charge in [-0.05, 0) is 31.0 Å². The number of aryl methyl sites for hydroxylation is 2. The summed E-state index contributed by atoms with van der Waals surface area (Å²) in [6.45, 7) is 3.82. The van der Waals surface area contributed by atoms with Crippen molar-refractivity contribution in [1.82, 2.24) is 15.1 Å². The maximum atomic E-state index is 5.91. The minimum absolute atomic E-state index is 0.381. The summed E-state index contributed by atoms with van der Waals surface area (Å²) < 4.78 is 5.17. The normalized spacial score (nSPS) is 10.7. The van der Waals surface area contributed by atoms with E-state index in [9.17, 15) is 0 Å². The van der Waals surface area contributed by atoms with Gasteiger partial charge in [0.2, 0.25) is 0 Å². The van der Waals surface area contributed by atoms with E-state index < -0.39 is 0 Å². The molecule has 0 amide bonds. The van der Waals surface area contributed by atoms with Crippen molar-refractivity contribution in [2.24, 2.45) is 0 Å². The molecule has 2 N–H and O–H groups in total. The van der Waals surface area contributed by atoms with Gasteiger partial charge in [-0.1, -0.05) is 29.4 Å². The zero-order chi connectivity index (χ0) is 14.1. The Morgan fingerprint density at radius 3 is 2.60 bits per heavy atom. The van der Waals surface area contributed by atoms with Gasteiger partial charge in [-0.2, -0.15) is 4.98 Å². The van der Waals surface area contributed by atoms with Gasteiger partial charge in [-0.3, -0.25) is 0 Å². The molecule has 20 heavy (non-hydrogen) atoms. The van der Waals surface area contributed by atoms with E-state index in [0.29, 0.717) is 23.1 Å². The number of anilines is 1. The molecule has 1 aromatic carbocycles. The number of nitrogens with zero attached hydrogens (tertiary/aromatic N) is 3. The van der Waals surface area contributed by atoms with Crippen LogP contribution in [0.3, 0.4) is 0 Å². The lowest BCUT2D eigenvalue weighted by molar-refractivity contribution is 0.425. The lowest BCUT2D eigenvalue weighted by Crippen LogP contribution is -1.95. The highest BCUT2D eigenvalue weighted by molar-refractivity contribution is 5.76. The van der Waals surface area contributed by atoms with Crippen LogP contribution in [-0.4, -0.2) is 15.1 Å². The molecule has 5 heteroatoms. The fourth-order valence-corrected chi connectivity index (χ4v) is 2.10. The van der Waals surface area contributed by atoms with Gasteiger partial charge in [-0.25, -0.2) is 4.98 Å². The van der Waals surface area contributed by atoms with Crippen LogP contribution in [-0.2, 0) is 0 Å². The van der Waals surface area contributed by atoms with Gasteiger partial charge >= 0.3 is 0 Å². The molecule has 0 bridgehead atoms. The number of hydrogen-bond acceptors (Lipinski definition) is 5. The first-order valence-electron chi connectivity index (χ1n) is 6.27. The Morgan fingerprint density at radius 2 is 1.90 bits per heavy atom. The largest absolute Gasteiger partial charge is 0.383 e. The summed E-state index contributed by atoms with van der Waals surface area (Å²) in [5.74, 6) is 1.34. The number of pyridine rings is 1. The Balaban J connectivity index is 2.14. The third kappa shape index (κ3) is 2.14. The first-order chi connectivity index (χ1) is 9.65. The third-order valence-electron chi connectivity index (χ3n) is 3.13. The second-order valence-corrected chi connectivity index (χ2v) is 4.62. The molecule has 3 rings (SSSR count). The van der Waals surface area contributed by atoms with Crippen molar-refractivity contribution in [3.8, 4) is 22.6 Å². The average Bonchev–Trinajstić information content (AvgIpc) is 2.87. The van der Waals surface area contributed by atoms with Gasteiger partial charge in [0.25, 0.3) is 5.89 Å². The second-order valence-electron chi connectivity index (χ2n) is 4.62. The Morgan fingerprint density at radius 1 is 1.10 bits per heavy atom. The minimum atomic E-state index is 0.381. The van der Waals surface area contributed by atoms with Crippen LogP contribution < -0.4 is 5.73 Å². The van der Waals surface area contributed by atoms with E-state index in [2.05, 4.69) is 28.1 Å². The molecule has 0 aliphatic heterocycles. The predicted octanol–water partition coefficient (Wildman–Crippen LogP) is 3.00. The van der Waals surface area contributed by atoms with E-state index >= 15 is 0 Å². The number of hydrogen-bond donors (Lipinski definition) is 1. The molecule has 0 saturated heterocycles. The number of benzene rings is 1. The van der Waals surface area contributed by atoms with E-state index in [0.717, 1.165) is 11.1 Å². The highest BCUT2D eigenvalue weighted by atomic mass is 16.5. The van der Waals surface area contributed by atoms with Crippen molar-refractivity contribution in [2.75, 3.05) is 5.73 Å². The molecule has 100 valence electrons. The Hall–Kier alpha value is -2.69. The van der Waals surface area contributed by atoms with Crippen LogP contribution in [0, 0.1) is 13.8 Å². The van der Waals surface area contributed by atoms with Crippen molar-refractivity contribution in [3.63, 3.8) is 0 Å². The standard InChI is InChI=1S/C15H14N4O/c1-9-5-3-4-6-12(9)11-7-13(14(16)17-8-11)15-18-10(2)19-20-15/h3-8H,1-2H3,(H2,16,17). The first kappa shape index (κ1) is 12.3. The molecule has 3 aromatic rings. The summed E-state index contributed by atoms with van der Waals surface area (Å²) in [6, 6.07) is 10.0. The van der Waals surface area contributed by atoms with Crippen LogP contribution in [0.5, 0.6) is 0 Å². The molecule has 2 heterocycles. The maximum absolute atomic E-state index is 5.91. The molecular weight excluding hydrogens is 252 g/mol. The quantitative estimate of drug-likeness (QED) is 0.771. The van der Waals surface area contributed by atoms with Crippen LogP contribution >= 0.6 is 0 Å². The van der Waals surface area contributed by atoms with E-state index in [1.54, 1.807) is 13.1 Å². The van der Waals surface area contributed by atoms with Crippen LogP contribution in [0.2, 0.25) is 0 Å². The highest BCUT2D eigenvalue weighted by Gasteiger charge is 2.13. The number of aromatic nitrogens is 3. The van der Waals surface area contributed by atoms with Crippen molar-refractivity contribution in [3.05, 3.63) is 47.9 Å². The molecule has 0 fully saturated rings. The summed E-state index contributed by atoms with van der Waals surface area (Å²) in [5, 5.41) is 3.78. The number of nitrogens with two attached hydrogens (primary N) is 1. The summed E-state index contributed by atoms with van der Waals surface area (Å²) in [4.78, 5) is 8.43. The molecule has 0 aliphatic carbocycles. The average molecular weight is 266 g/mol. The van der Waals surface area contributed by atoms with Crippen LogP contribution in [0.25, 0.3) is 22.6 Å². The fourth-order valence-electron chi connectivity index (χ4n) is 2.10. The number of rotatable bonds is 2. The van der Waals surface area contributed by atoms with Crippen LogP contribution in [0.1, 0.15) is 11.4 Å². The Labute approximate surface area is 116 Å².